The molecule has 180 valence electrons. The number of halogens is 1. The number of hydrogen-bond donors (Lipinski definition) is 0. The fraction of sp³-hybridized carbons (Fsp3) is 0.185. The van der Waals surface area contributed by atoms with Gasteiger partial charge in [0.2, 0.25) is 5.95 Å². The van der Waals surface area contributed by atoms with Crippen LogP contribution in [0.4, 0.5) is 10.3 Å². The Morgan fingerprint density at radius 2 is 1.61 bits per heavy atom. The normalized spacial score (nSPS) is 13.9. The van der Waals surface area contributed by atoms with Crippen molar-refractivity contribution in [1.29, 1.82) is 0 Å². The highest BCUT2D eigenvalue weighted by molar-refractivity contribution is 5.95. The topological polar surface area (TPSA) is 75.9 Å². The molecule has 0 aliphatic carbocycles. The minimum absolute atomic E-state index is 0.102. The van der Waals surface area contributed by atoms with Gasteiger partial charge in [-0.25, -0.2) is 13.8 Å². The van der Waals surface area contributed by atoms with Crippen molar-refractivity contribution in [3.8, 4) is 17.1 Å². The Morgan fingerprint density at radius 1 is 0.889 bits per heavy atom. The maximum absolute atomic E-state index is 13.3. The van der Waals surface area contributed by atoms with Crippen molar-refractivity contribution in [2.75, 3.05) is 38.2 Å². The molecule has 6 rings (SSSR count). The molecule has 3 heterocycles. The summed E-state index contributed by atoms with van der Waals surface area (Å²) in [7, 11) is 1.64. The summed E-state index contributed by atoms with van der Waals surface area (Å²) in [5, 5.41) is 9.97. The molecule has 1 aliphatic heterocycles. The van der Waals surface area contributed by atoms with E-state index in [0.717, 1.165) is 33.8 Å². The fourth-order valence-electron chi connectivity index (χ4n) is 4.59. The van der Waals surface area contributed by atoms with Crippen molar-refractivity contribution >= 4 is 28.4 Å². The Morgan fingerprint density at radius 3 is 2.33 bits per heavy atom. The Bertz CT molecular complexity index is 1560. The second kappa shape index (κ2) is 8.92. The number of para-hydroxylation sites is 1. The molecule has 0 spiro atoms. The molecule has 5 aromatic rings. The molecule has 1 aliphatic rings. The van der Waals surface area contributed by atoms with Crippen LogP contribution in [-0.2, 0) is 0 Å². The van der Waals surface area contributed by atoms with Gasteiger partial charge in [0.05, 0.1) is 12.6 Å². The number of ether oxygens (including phenoxy) is 1. The van der Waals surface area contributed by atoms with Crippen molar-refractivity contribution in [1.82, 2.24) is 24.5 Å². The number of piperazine rings is 1. The molecule has 1 fully saturated rings. The number of methoxy groups -OCH3 is 1. The van der Waals surface area contributed by atoms with Gasteiger partial charge >= 0.3 is 0 Å². The number of amides is 1. The highest BCUT2D eigenvalue weighted by atomic mass is 19.1. The van der Waals surface area contributed by atoms with E-state index in [4.69, 9.17) is 9.72 Å². The molecule has 0 radical (unpaired) electrons. The third kappa shape index (κ3) is 3.78. The van der Waals surface area contributed by atoms with E-state index in [2.05, 4.69) is 15.1 Å². The van der Waals surface area contributed by atoms with Crippen LogP contribution in [-0.4, -0.2) is 63.7 Å². The van der Waals surface area contributed by atoms with E-state index in [1.807, 2.05) is 52.9 Å². The molecule has 0 saturated carbocycles. The molecule has 0 atom stereocenters. The highest BCUT2D eigenvalue weighted by Crippen LogP contribution is 2.30. The molecule has 1 amide bonds. The molecule has 9 heteroatoms. The van der Waals surface area contributed by atoms with E-state index < -0.39 is 0 Å². The van der Waals surface area contributed by atoms with Crippen LogP contribution in [0.5, 0.6) is 5.75 Å². The number of nitrogens with zero attached hydrogens (tertiary/aromatic N) is 6. The molecular formula is C27H23FN6O2. The van der Waals surface area contributed by atoms with Crippen LogP contribution in [0.3, 0.4) is 0 Å². The maximum Gasteiger partial charge on any atom is 0.253 e. The highest BCUT2D eigenvalue weighted by Gasteiger charge is 2.26. The van der Waals surface area contributed by atoms with Gasteiger partial charge < -0.3 is 14.5 Å². The van der Waals surface area contributed by atoms with Crippen LogP contribution in [0.2, 0.25) is 0 Å². The number of aromatic nitrogens is 4. The quantitative estimate of drug-likeness (QED) is 0.385. The number of rotatable bonds is 4. The predicted octanol–water partition coefficient (Wildman–Crippen LogP) is 4.05. The van der Waals surface area contributed by atoms with Crippen LogP contribution in [0, 0.1) is 5.82 Å². The van der Waals surface area contributed by atoms with Gasteiger partial charge in [0.1, 0.15) is 11.6 Å². The summed E-state index contributed by atoms with van der Waals surface area (Å²) in [5.41, 5.74) is 2.94. The first kappa shape index (κ1) is 22.0. The largest absolute Gasteiger partial charge is 0.497 e. The lowest BCUT2D eigenvalue weighted by Crippen LogP contribution is -2.49. The first-order valence-electron chi connectivity index (χ1n) is 11.7. The lowest BCUT2D eigenvalue weighted by molar-refractivity contribution is 0.0746. The average molecular weight is 483 g/mol. The minimum atomic E-state index is -0.357. The van der Waals surface area contributed by atoms with Gasteiger partial charge in [-0.05, 0) is 60.7 Å². The lowest BCUT2D eigenvalue weighted by Gasteiger charge is -2.35. The Labute approximate surface area is 206 Å². The molecular weight excluding hydrogens is 459 g/mol. The smallest absolute Gasteiger partial charge is 0.253 e. The van der Waals surface area contributed by atoms with E-state index >= 15 is 0 Å². The summed E-state index contributed by atoms with van der Waals surface area (Å²) in [4.78, 5) is 21.9. The van der Waals surface area contributed by atoms with Gasteiger partial charge in [0, 0.05) is 42.7 Å². The number of hydrogen-bond acceptors (Lipinski definition) is 6. The van der Waals surface area contributed by atoms with E-state index in [1.54, 1.807) is 12.0 Å². The summed E-state index contributed by atoms with van der Waals surface area (Å²) >= 11 is 0. The lowest BCUT2D eigenvalue weighted by atomic mass is 10.1. The minimum Gasteiger partial charge on any atom is -0.497 e. The van der Waals surface area contributed by atoms with Crippen molar-refractivity contribution in [3.05, 3.63) is 84.2 Å². The van der Waals surface area contributed by atoms with Crippen molar-refractivity contribution in [3.63, 3.8) is 0 Å². The third-order valence-electron chi connectivity index (χ3n) is 6.52. The second-order valence-electron chi connectivity index (χ2n) is 8.63. The SMILES string of the molecule is COc1ccc(-c2nnc3c4ccccc4nc(N4CCN(C(=O)c5ccc(F)cc5)CC4)n23)cc1. The van der Waals surface area contributed by atoms with Crippen LogP contribution >= 0.6 is 0 Å². The molecule has 0 N–H and O–H groups in total. The van der Waals surface area contributed by atoms with Gasteiger partial charge in [-0.15, -0.1) is 10.2 Å². The van der Waals surface area contributed by atoms with E-state index in [1.165, 1.54) is 24.3 Å². The van der Waals surface area contributed by atoms with E-state index in [-0.39, 0.29) is 11.7 Å². The summed E-state index contributed by atoms with van der Waals surface area (Å²) in [5.74, 6) is 1.72. The van der Waals surface area contributed by atoms with Crippen molar-refractivity contribution in [2.45, 2.75) is 0 Å². The molecule has 0 bridgehead atoms. The molecule has 1 saturated heterocycles. The van der Waals surface area contributed by atoms with Crippen molar-refractivity contribution < 1.29 is 13.9 Å². The van der Waals surface area contributed by atoms with Gasteiger partial charge in [-0.2, -0.15) is 0 Å². The number of benzene rings is 3. The number of anilines is 1. The maximum atomic E-state index is 13.3. The first-order valence-corrected chi connectivity index (χ1v) is 11.7. The molecule has 8 nitrogen and oxygen atoms in total. The van der Waals surface area contributed by atoms with Gasteiger partial charge in [0.25, 0.3) is 5.91 Å². The monoisotopic (exact) mass is 482 g/mol. The molecule has 2 aromatic heterocycles. The molecule has 36 heavy (non-hydrogen) atoms. The summed E-state index contributed by atoms with van der Waals surface area (Å²) in [6.07, 6.45) is 0. The van der Waals surface area contributed by atoms with Gasteiger partial charge in [-0.1, -0.05) is 12.1 Å². The van der Waals surface area contributed by atoms with Gasteiger partial charge in [0.15, 0.2) is 11.5 Å². The predicted molar refractivity (Wildman–Crippen MR) is 135 cm³/mol. The summed E-state index contributed by atoms with van der Waals surface area (Å²) in [6, 6.07) is 21.2. The Kier molecular flexibility index (Phi) is 5.44. The van der Waals surface area contributed by atoms with Crippen LogP contribution in [0.1, 0.15) is 10.4 Å². The first-order chi connectivity index (χ1) is 17.6. The van der Waals surface area contributed by atoms with Crippen LogP contribution in [0.15, 0.2) is 72.8 Å². The zero-order chi connectivity index (χ0) is 24.6. The summed E-state index contributed by atoms with van der Waals surface area (Å²) in [6.45, 7) is 2.22. The third-order valence-corrected chi connectivity index (χ3v) is 6.52. The fourth-order valence-corrected chi connectivity index (χ4v) is 4.59. The summed E-state index contributed by atoms with van der Waals surface area (Å²) < 4.78 is 20.6. The van der Waals surface area contributed by atoms with Crippen molar-refractivity contribution in [2.24, 2.45) is 0 Å². The zero-order valence-electron chi connectivity index (χ0n) is 19.6. The average Bonchev–Trinajstić information content (AvgIpc) is 3.38. The second-order valence-corrected chi connectivity index (χ2v) is 8.63. The zero-order valence-corrected chi connectivity index (χ0v) is 19.6. The van der Waals surface area contributed by atoms with Gasteiger partial charge in [-0.3, -0.25) is 4.79 Å². The molecule has 0 unspecified atom stereocenters. The Balaban J connectivity index is 1.37. The number of carbonyl (C=O) groups excluding carboxylic acids is 1. The molecule has 3 aromatic carbocycles. The van der Waals surface area contributed by atoms with Crippen LogP contribution in [0.25, 0.3) is 27.9 Å². The number of carbonyl (C=O) groups is 1. The number of fused-ring (bicyclic) bond motifs is 3. The standard InChI is InChI=1S/C27H23FN6O2/c1-36-21-12-8-18(9-13-21)24-30-31-25-22-4-2-3-5-23(22)29-27(34(24)25)33-16-14-32(15-17-33)26(35)19-6-10-20(28)11-7-19/h2-13H,14-17H2,1H3. The van der Waals surface area contributed by atoms with Crippen LogP contribution < -0.4 is 9.64 Å². The van der Waals surface area contributed by atoms with E-state index in [9.17, 15) is 9.18 Å². The van der Waals surface area contributed by atoms with E-state index in [0.29, 0.717) is 37.6 Å². The Hall–Kier alpha value is -4.53.